The highest BCUT2D eigenvalue weighted by Gasteiger charge is 2.36. The molecule has 126 valence electrons. The predicted molar refractivity (Wildman–Crippen MR) is 90.2 cm³/mol. The Balaban J connectivity index is 2.03. The fourth-order valence-electron chi connectivity index (χ4n) is 3.20. The lowest BCUT2D eigenvalue weighted by molar-refractivity contribution is -0.131. The van der Waals surface area contributed by atoms with Crippen LogP contribution in [-0.2, 0) is 4.79 Å². The topological polar surface area (TPSA) is 53.5 Å². The number of likely N-dealkylation sites (tertiary alicyclic amines) is 1. The van der Waals surface area contributed by atoms with Crippen molar-refractivity contribution in [3.63, 3.8) is 0 Å². The molecule has 0 spiro atoms. The van der Waals surface area contributed by atoms with Crippen LogP contribution >= 0.6 is 0 Å². The van der Waals surface area contributed by atoms with Crippen molar-refractivity contribution in [3.05, 3.63) is 29.1 Å². The van der Waals surface area contributed by atoms with Gasteiger partial charge < -0.3 is 9.80 Å². The second kappa shape index (κ2) is 6.30. The third-order valence-corrected chi connectivity index (χ3v) is 4.22. The van der Waals surface area contributed by atoms with Crippen LogP contribution in [0.2, 0.25) is 0 Å². The molecule has 2 amide bonds. The maximum absolute atomic E-state index is 12.6. The van der Waals surface area contributed by atoms with Crippen LogP contribution in [0.1, 0.15) is 48.9 Å². The van der Waals surface area contributed by atoms with Gasteiger partial charge in [0.2, 0.25) is 5.91 Å². The molecule has 0 N–H and O–H groups in total. The number of carbonyl (C=O) groups is 2. The van der Waals surface area contributed by atoms with Crippen LogP contribution in [-0.4, -0.2) is 52.3 Å². The first-order valence-corrected chi connectivity index (χ1v) is 8.09. The number of aromatic nitrogens is 1. The molecule has 1 aliphatic rings. The molecule has 5 heteroatoms. The van der Waals surface area contributed by atoms with Crippen LogP contribution in [0, 0.1) is 19.8 Å². The zero-order chi connectivity index (χ0) is 17.4. The van der Waals surface area contributed by atoms with E-state index >= 15 is 0 Å². The van der Waals surface area contributed by atoms with Gasteiger partial charge in [-0.1, -0.05) is 0 Å². The van der Waals surface area contributed by atoms with Crippen molar-refractivity contribution in [1.29, 1.82) is 0 Å². The Bertz CT molecular complexity index is 599. The molecule has 1 saturated heterocycles. The van der Waals surface area contributed by atoms with Crippen LogP contribution < -0.4 is 0 Å². The molecule has 2 heterocycles. The van der Waals surface area contributed by atoms with E-state index in [4.69, 9.17) is 0 Å². The summed E-state index contributed by atoms with van der Waals surface area (Å²) in [6, 6.07) is 3.63. The van der Waals surface area contributed by atoms with Gasteiger partial charge in [-0.25, -0.2) is 0 Å². The van der Waals surface area contributed by atoms with Gasteiger partial charge in [-0.05, 0) is 46.8 Å². The summed E-state index contributed by atoms with van der Waals surface area (Å²) in [7, 11) is 1.80. The predicted octanol–water partition coefficient (Wildman–Crippen LogP) is 2.42. The number of hydrogen-bond donors (Lipinski definition) is 0. The fraction of sp³-hybridized carbons (Fsp3) is 0.611. The van der Waals surface area contributed by atoms with Crippen molar-refractivity contribution >= 4 is 11.8 Å². The smallest absolute Gasteiger partial charge is 0.253 e. The summed E-state index contributed by atoms with van der Waals surface area (Å²) in [5.74, 6) is 0.360. The van der Waals surface area contributed by atoms with Crippen molar-refractivity contribution in [2.75, 3.05) is 20.1 Å². The minimum Gasteiger partial charge on any atom is -0.341 e. The van der Waals surface area contributed by atoms with Gasteiger partial charge >= 0.3 is 0 Å². The zero-order valence-corrected chi connectivity index (χ0v) is 15.0. The molecule has 0 radical (unpaired) electrons. The number of hydrogen-bond acceptors (Lipinski definition) is 3. The van der Waals surface area contributed by atoms with Crippen molar-refractivity contribution in [1.82, 2.24) is 14.8 Å². The van der Waals surface area contributed by atoms with E-state index in [2.05, 4.69) is 4.98 Å². The van der Waals surface area contributed by atoms with Crippen LogP contribution in [0.4, 0.5) is 0 Å². The Hall–Kier alpha value is -1.91. The van der Waals surface area contributed by atoms with Crippen molar-refractivity contribution in [3.8, 4) is 0 Å². The monoisotopic (exact) mass is 317 g/mol. The molecular formula is C18H27N3O2. The second-order valence-corrected chi connectivity index (χ2v) is 7.57. The number of nitrogens with zero attached hydrogens (tertiary/aromatic N) is 3. The van der Waals surface area contributed by atoms with Crippen LogP contribution in [0.25, 0.3) is 0 Å². The molecule has 1 fully saturated rings. The van der Waals surface area contributed by atoms with Gasteiger partial charge in [-0.15, -0.1) is 0 Å². The molecule has 5 nitrogen and oxygen atoms in total. The Morgan fingerprint density at radius 2 is 1.87 bits per heavy atom. The van der Waals surface area contributed by atoms with E-state index in [1.165, 1.54) is 0 Å². The molecule has 0 bridgehead atoms. The lowest BCUT2D eigenvalue weighted by Crippen LogP contribution is -2.43. The minimum absolute atomic E-state index is 0.0137. The van der Waals surface area contributed by atoms with E-state index in [1.807, 2.05) is 51.7 Å². The SMILES string of the molecule is Cc1cc(C(=O)N(C)C[C@H]2CC(=O)N(C(C)(C)C)C2)cc(C)n1. The van der Waals surface area contributed by atoms with Gasteiger partial charge in [0.05, 0.1) is 0 Å². The van der Waals surface area contributed by atoms with Gasteiger partial charge in [0, 0.05) is 55.0 Å². The highest BCUT2D eigenvalue weighted by molar-refractivity contribution is 5.94. The van der Waals surface area contributed by atoms with Crippen LogP contribution in [0.15, 0.2) is 12.1 Å². The maximum atomic E-state index is 12.6. The van der Waals surface area contributed by atoms with Crippen molar-refractivity contribution in [2.45, 2.75) is 46.6 Å². The third-order valence-electron chi connectivity index (χ3n) is 4.22. The highest BCUT2D eigenvalue weighted by Crippen LogP contribution is 2.26. The van der Waals surface area contributed by atoms with E-state index in [9.17, 15) is 9.59 Å². The lowest BCUT2D eigenvalue weighted by Gasteiger charge is -2.32. The summed E-state index contributed by atoms with van der Waals surface area (Å²) in [4.78, 5) is 32.7. The Kier molecular flexibility index (Phi) is 4.78. The lowest BCUT2D eigenvalue weighted by atomic mass is 10.1. The molecule has 0 saturated carbocycles. The van der Waals surface area contributed by atoms with Gasteiger partial charge in [0.15, 0.2) is 0 Å². The van der Waals surface area contributed by atoms with Gasteiger partial charge in [0.25, 0.3) is 5.91 Å². The molecule has 0 aliphatic carbocycles. The van der Waals surface area contributed by atoms with E-state index < -0.39 is 0 Å². The molecule has 0 aromatic carbocycles. The maximum Gasteiger partial charge on any atom is 0.253 e. The molecule has 1 aromatic heterocycles. The number of carbonyl (C=O) groups excluding carboxylic acids is 2. The van der Waals surface area contributed by atoms with Gasteiger partial charge in [-0.2, -0.15) is 0 Å². The van der Waals surface area contributed by atoms with Crippen LogP contribution in [0.5, 0.6) is 0 Å². The molecule has 23 heavy (non-hydrogen) atoms. The average molecular weight is 317 g/mol. The highest BCUT2D eigenvalue weighted by atomic mass is 16.2. The first-order valence-electron chi connectivity index (χ1n) is 8.09. The van der Waals surface area contributed by atoms with Crippen LogP contribution in [0.3, 0.4) is 0 Å². The number of pyridine rings is 1. The van der Waals surface area contributed by atoms with E-state index in [1.54, 1.807) is 11.9 Å². The summed E-state index contributed by atoms with van der Waals surface area (Å²) >= 11 is 0. The largest absolute Gasteiger partial charge is 0.341 e. The van der Waals surface area contributed by atoms with Gasteiger partial charge in [0.1, 0.15) is 0 Å². The number of aryl methyl sites for hydroxylation is 2. The summed E-state index contributed by atoms with van der Waals surface area (Å²) in [6.45, 7) is 11.2. The molecule has 1 aliphatic heterocycles. The third kappa shape index (κ3) is 4.09. The standard InChI is InChI=1S/C18H27N3O2/c1-12-7-15(8-13(2)19-12)17(23)20(6)10-14-9-16(22)21(11-14)18(3,4)5/h7-8,14H,9-11H2,1-6H3/t14-/m1/s1. The number of rotatable bonds is 3. The van der Waals surface area contributed by atoms with Crippen molar-refractivity contribution < 1.29 is 9.59 Å². The fourth-order valence-corrected chi connectivity index (χ4v) is 3.20. The Morgan fingerprint density at radius 1 is 1.30 bits per heavy atom. The van der Waals surface area contributed by atoms with E-state index in [0.717, 1.165) is 11.4 Å². The zero-order valence-electron chi connectivity index (χ0n) is 15.0. The average Bonchev–Trinajstić information content (AvgIpc) is 2.77. The van der Waals surface area contributed by atoms with Crippen molar-refractivity contribution in [2.24, 2.45) is 5.92 Å². The van der Waals surface area contributed by atoms with E-state index in [-0.39, 0.29) is 23.3 Å². The molecule has 1 aromatic rings. The summed E-state index contributed by atoms with van der Waals surface area (Å²) in [5, 5.41) is 0. The summed E-state index contributed by atoms with van der Waals surface area (Å²) in [5.41, 5.74) is 2.19. The minimum atomic E-state index is -0.159. The summed E-state index contributed by atoms with van der Waals surface area (Å²) < 4.78 is 0. The molecule has 2 rings (SSSR count). The second-order valence-electron chi connectivity index (χ2n) is 7.57. The van der Waals surface area contributed by atoms with E-state index in [0.29, 0.717) is 25.1 Å². The first-order chi connectivity index (χ1) is 10.6. The van der Waals surface area contributed by atoms with Gasteiger partial charge in [-0.3, -0.25) is 14.6 Å². The quantitative estimate of drug-likeness (QED) is 0.860. The Morgan fingerprint density at radius 3 is 2.35 bits per heavy atom. The Labute approximate surface area is 138 Å². The molecule has 1 atom stereocenters. The molecular weight excluding hydrogens is 290 g/mol. The normalized spacial score (nSPS) is 18.4. The summed E-state index contributed by atoms with van der Waals surface area (Å²) in [6.07, 6.45) is 0.517. The molecule has 0 unspecified atom stereocenters. The first kappa shape index (κ1) is 17.4. The number of amides is 2.